The molecule has 0 aromatic heterocycles. The smallest absolute Gasteiger partial charge is 0.462 e. The Kier molecular flexibility index (Phi) is 71.4. The molecule has 0 rings (SSSR count). The highest BCUT2D eigenvalue weighted by Gasteiger charge is 2.30. The van der Waals surface area contributed by atoms with Crippen LogP contribution in [0.5, 0.6) is 0 Å². The van der Waals surface area contributed by atoms with Gasteiger partial charge in [-0.3, -0.25) is 37.3 Å². The Morgan fingerprint density at radius 3 is 0.853 bits per heavy atom. The molecule has 586 valence electrons. The van der Waals surface area contributed by atoms with Gasteiger partial charge in [0.15, 0.2) is 12.2 Å². The van der Waals surface area contributed by atoms with Crippen molar-refractivity contribution in [2.24, 2.45) is 0 Å². The number of unbranched alkanes of at least 4 members (excludes halogenated alkanes) is 28. The van der Waals surface area contributed by atoms with Gasteiger partial charge in [0.05, 0.1) is 26.4 Å². The molecule has 0 saturated heterocycles. The first-order chi connectivity index (χ1) is 49.7. The quantitative estimate of drug-likeness (QED) is 0.0169. The van der Waals surface area contributed by atoms with Crippen LogP contribution in [-0.4, -0.2) is 96.7 Å². The van der Waals surface area contributed by atoms with Crippen LogP contribution < -0.4 is 0 Å². The van der Waals surface area contributed by atoms with Crippen molar-refractivity contribution in [3.63, 3.8) is 0 Å². The van der Waals surface area contributed by atoms with Crippen molar-refractivity contribution in [1.29, 1.82) is 0 Å². The average Bonchev–Trinajstić information content (AvgIpc) is 0.940. The number of hydrogen-bond acceptors (Lipinski definition) is 15. The lowest BCUT2D eigenvalue weighted by molar-refractivity contribution is -0.161. The highest BCUT2D eigenvalue weighted by Crippen LogP contribution is 2.45. The molecule has 0 aromatic rings. The van der Waals surface area contributed by atoms with Crippen LogP contribution >= 0.6 is 15.6 Å². The molecule has 0 aliphatic carbocycles. The fraction of sp³-hybridized carbons (Fsp3) is 0.711. The molecule has 0 radical (unpaired) electrons. The molecular formula is C83H142O17P2. The minimum Gasteiger partial charge on any atom is -0.462 e. The van der Waals surface area contributed by atoms with E-state index in [-0.39, 0.29) is 25.7 Å². The van der Waals surface area contributed by atoms with Crippen LogP contribution in [-0.2, 0) is 65.4 Å². The predicted molar refractivity (Wildman–Crippen MR) is 418 cm³/mol. The van der Waals surface area contributed by atoms with Crippen molar-refractivity contribution in [2.45, 2.75) is 341 Å². The first kappa shape index (κ1) is 97.5. The van der Waals surface area contributed by atoms with Crippen molar-refractivity contribution in [1.82, 2.24) is 0 Å². The average molecular weight is 1470 g/mol. The second kappa shape index (κ2) is 74.7. The molecule has 0 spiro atoms. The van der Waals surface area contributed by atoms with E-state index in [2.05, 4.69) is 149 Å². The molecule has 5 unspecified atom stereocenters. The first-order valence-corrected chi connectivity index (χ1v) is 42.8. The number of aliphatic hydroxyl groups is 1. The minimum absolute atomic E-state index is 0.0705. The number of aliphatic hydroxyl groups excluding tert-OH is 1. The molecule has 5 atom stereocenters. The van der Waals surface area contributed by atoms with Gasteiger partial charge in [-0.2, -0.15) is 0 Å². The number of phosphoric acid groups is 2. The standard InChI is InChI=1S/C83H142O17P2/c1-5-9-13-17-21-25-29-32-34-36-38-40-42-45-49-52-56-60-64-68-81(86)94-74-79(100-83(88)70-66-62-58-54-50-46-43-41-39-37-35-33-30-26-22-18-14-10-6-2)76-98-102(91,92)96-72-77(84)71-95-101(89,90)97-75-78(99-82(87)69-65-61-57-53-47-28-24-20-16-12-8-4)73-93-80(85)67-63-59-55-51-48-44-31-27-23-19-15-11-7-3/h9,13,15,19,21-22,25-27,31-35,38-41,45,49,77-79,84H,5-8,10-12,14,16-18,20,23-24,28-30,36-37,42-44,46-48,50-76H2,1-4H3,(H,89,90)(H,91,92)/b13-9-,19-15-,25-21-,26-22-,31-27-,34-32-,35-33-,40-38-,41-39-,49-45-. The van der Waals surface area contributed by atoms with E-state index in [0.29, 0.717) is 25.7 Å². The van der Waals surface area contributed by atoms with Crippen LogP contribution in [0.1, 0.15) is 323 Å². The maximum Gasteiger partial charge on any atom is 0.472 e. The number of rotatable bonds is 74. The summed E-state index contributed by atoms with van der Waals surface area (Å²) in [6.45, 7) is 4.61. The lowest BCUT2D eigenvalue weighted by atomic mass is 10.1. The second-order valence-electron chi connectivity index (χ2n) is 26.3. The Hall–Kier alpha value is -4.54. The van der Waals surface area contributed by atoms with E-state index in [1.165, 1.54) is 57.8 Å². The number of carbonyl (C=O) groups is 4. The SMILES string of the molecule is CC/C=C\C/C=C\C/C=C\C/C=C\C/C=C\CCCCCC(=O)OCC(COP(=O)(O)OCC(O)COP(=O)(O)OCC(COC(=O)CCCCCCC/C=C\C/C=C\CCC)OC(=O)CCCCCCCCCCCCC)OC(=O)CCCCCCCC/C=C\C/C=C\C/C=C\CCCCC. The predicted octanol–water partition coefficient (Wildman–Crippen LogP) is 23.1. The molecular weight excluding hydrogens is 1330 g/mol. The summed E-state index contributed by atoms with van der Waals surface area (Å²) >= 11 is 0. The van der Waals surface area contributed by atoms with Gasteiger partial charge in [-0.05, 0) is 135 Å². The summed E-state index contributed by atoms with van der Waals surface area (Å²) in [5.74, 6) is -2.23. The van der Waals surface area contributed by atoms with Gasteiger partial charge < -0.3 is 33.8 Å². The van der Waals surface area contributed by atoms with Gasteiger partial charge in [0, 0.05) is 25.7 Å². The van der Waals surface area contributed by atoms with E-state index in [1.807, 2.05) is 0 Å². The van der Waals surface area contributed by atoms with Crippen LogP contribution in [0.3, 0.4) is 0 Å². The maximum atomic E-state index is 13.1. The molecule has 0 bridgehead atoms. The summed E-state index contributed by atoms with van der Waals surface area (Å²) in [7, 11) is -9.97. The van der Waals surface area contributed by atoms with Crippen molar-refractivity contribution in [2.75, 3.05) is 39.6 Å². The highest BCUT2D eigenvalue weighted by molar-refractivity contribution is 7.47. The lowest BCUT2D eigenvalue weighted by Gasteiger charge is -2.21. The Balaban J connectivity index is 5.39. The minimum atomic E-state index is -4.99. The molecule has 19 heteroatoms. The zero-order valence-corrected chi connectivity index (χ0v) is 65.8. The molecule has 17 nitrogen and oxygen atoms in total. The van der Waals surface area contributed by atoms with Gasteiger partial charge in [-0.15, -0.1) is 0 Å². The molecule has 102 heavy (non-hydrogen) atoms. The number of phosphoric ester groups is 2. The van der Waals surface area contributed by atoms with Gasteiger partial charge in [0.2, 0.25) is 0 Å². The lowest BCUT2D eigenvalue weighted by Crippen LogP contribution is -2.30. The van der Waals surface area contributed by atoms with Crippen molar-refractivity contribution < 1.29 is 80.2 Å². The van der Waals surface area contributed by atoms with Crippen LogP contribution in [0.2, 0.25) is 0 Å². The van der Waals surface area contributed by atoms with E-state index in [1.54, 1.807) is 0 Å². The molecule has 0 aliphatic heterocycles. The summed E-state index contributed by atoms with van der Waals surface area (Å²) < 4.78 is 68.5. The summed E-state index contributed by atoms with van der Waals surface area (Å²) in [4.78, 5) is 72.9. The maximum absolute atomic E-state index is 13.1. The first-order valence-electron chi connectivity index (χ1n) is 39.8. The molecule has 3 N–H and O–H groups in total. The third-order valence-corrected chi connectivity index (χ3v) is 18.3. The van der Waals surface area contributed by atoms with Crippen LogP contribution in [0.4, 0.5) is 0 Å². The van der Waals surface area contributed by atoms with E-state index in [0.717, 1.165) is 186 Å². The molecule has 0 amide bonds. The van der Waals surface area contributed by atoms with Crippen LogP contribution in [0, 0.1) is 0 Å². The zero-order chi connectivity index (χ0) is 74.6. The fourth-order valence-electron chi connectivity index (χ4n) is 10.4. The topological polar surface area (TPSA) is 237 Å². The Morgan fingerprint density at radius 1 is 0.284 bits per heavy atom. The molecule has 0 fully saturated rings. The zero-order valence-electron chi connectivity index (χ0n) is 64.0. The number of hydrogen-bond donors (Lipinski definition) is 3. The van der Waals surface area contributed by atoms with Gasteiger partial charge in [-0.1, -0.05) is 284 Å². The van der Waals surface area contributed by atoms with Crippen LogP contribution in [0.25, 0.3) is 0 Å². The van der Waals surface area contributed by atoms with E-state index >= 15 is 0 Å². The molecule has 0 heterocycles. The summed E-state index contributed by atoms with van der Waals surface area (Å²) in [6.07, 6.45) is 81.8. The third kappa shape index (κ3) is 73.8. The van der Waals surface area contributed by atoms with Crippen LogP contribution in [0.15, 0.2) is 122 Å². The number of allylic oxidation sites excluding steroid dienone is 20. The van der Waals surface area contributed by atoms with Crippen molar-refractivity contribution >= 4 is 39.5 Å². The van der Waals surface area contributed by atoms with Gasteiger partial charge in [0.1, 0.15) is 19.3 Å². The highest BCUT2D eigenvalue weighted by atomic mass is 31.2. The van der Waals surface area contributed by atoms with Gasteiger partial charge in [0.25, 0.3) is 0 Å². The number of carbonyl (C=O) groups excluding carboxylic acids is 4. The van der Waals surface area contributed by atoms with Crippen molar-refractivity contribution in [3.05, 3.63) is 122 Å². The van der Waals surface area contributed by atoms with E-state index < -0.39 is 97.5 Å². The Morgan fingerprint density at radius 2 is 0.529 bits per heavy atom. The monoisotopic (exact) mass is 1470 g/mol. The Bertz CT molecular complexity index is 2410. The van der Waals surface area contributed by atoms with E-state index in [9.17, 15) is 43.2 Å². The Labute approximate surface area is 619 Å². The summed E-state index contributed by atoms with van der Waals surface area (Å²) in [5, 5.41) is 10.6. The normalized spacial score (nSPS) is 14.5. The fourth-order valence-corrected chi connectivity index (χ4v) is 11.9. The van der Waals surface area contributed by atoms with Gasteiger partial charge >= 0.3 is 39.5 Å². The molecule has 0 aromatic carbocycles. The molecule has 0 saturated carbocycles. The summed E-state index contributed by atoms with van der Waals surface area (Å²) in [5.41, 5.74) is 0. The molecule has 0 aliphatic rings. The van der Waals surface area contributed by atoms with Gasteiger partial charge in [-0.25, -0.2) is 9.13 Å². The largest absolute Gasteiger partial charge is 0.472 e. The van der Waals surface area contributed by atoms with E-state index in [4.69, 9.17) is 37.0 Å². The number of esters is 4. The number of ether oxygens (including phenoxy) is 4. The summed E-state index contributed by atoms with van der Waals surface area (Å²) in [6, 6.07) is 0. The third-order valence-electron chi connectivity index (χ3n) is 16.4. The van der Waals surface area contributed by atoms with Crippen molar-refractivity contribution in [3.8, 4) is 0 Å². The second-order valence-corrected chi connectivity index (χ2v) is 29.2.